The van der Waals surface area contributed by atoms with Crippen molar-refractivity contribution in [3.63, 3.8) is 0 Å². The molecular weight excluding hydrogens is 370 g/mol. The molecule has 0 bridgehead atoms. The molecule has 1 aliphatic rings. The van der Waals surface area contributed by atoms with E-state index in [1.165, 1.54) is 0 Å². The van der Waals surface area contributed by atoms with Gasteiger partial charge in [0.15, 0.2) is 0 Å². The van der Waals surface area contributed by atoms with Gasteiger partial charge in [-0.2, -0.15) is 0 Å². The molecule has 0 atom stereocenters. The highest BCUT2D eigenvalue weighted by molar-refractivity contribution is 5.96. The van der Waals surface area contributed by atoms with Gasteiger partial charge in [-0.3, -0.25) is 14.5 Å². The molecule has 7 nitrogen and oxygen atoms in total. The van der Waals surface area contributed by atoms with Gasteiger partial charge in [-0.25, -0.2) is 0 Å². The van der Waals surface area contributed by atoms with Crippen LogP contribution in [0.25, 0.3) is 0 Å². The lowest BCUT2D eigenvalue weighted by molar-refractivity contribution is -0.117. The fourth-order valence-corrected chi connectivity index (χ4v) is 3.21. The lowest BCUT2D eigenvalue weighted by Gasteiger charge is -2.23. The van der Waals surface area contributed by atoms with Gasteiger partial charge in [-0.05, 0) is 55.3 Å². The number of hydrogen-bond donors (Lipinski definition) is 2. The van der Waals surface area contributed by atoms with E-state index in [0.29, 0.717) is 23.8 Å². The molecule has 154 valence electrons. The van der Waals surface area contributed by atoms with Crippen molar-refractivity contribution >= 4 is 17.5 Å². The van der Waals surface area contributed by atoms with Crippen molar-refractivity contribution in [1.29, 1.82) is 0 Å². The average molecular weight is 397 g/mol. The second kappa shape index (κ2) is 9.43. The first-order valence-electron chi connectivity index (χ1n) is 9.61. The molecule has 1 saturated carbocycles. The molecule has 2 amide bonds. The monoisotopic (exact) mass is 397 g/mol. The summed E-state index contributed by atoms with van der Waals surface area (Å²) in [7, 11) is 4.86. The van der Waals surface area contributed by atoms with Crippen LogP contribution in [0.4, 0.5) is 5.69 Å². The van der Waals surface area contributed by atoms with Crippen molar-refractivity contribution in [2.45, 2.75) is 25.4 Å². The normalized spacial score (nSPS) is 13.1. The van der Waals surface area contributed by atoms with E-state index in [2.05, 4.69) is 15.5 Å². The number of amides is 2. The van der Waals surface area contributed by atoms with Crippen LogP contribution in [0.5, 0.6) is 11.5 Å². The molecule has 0 heterocycles. The molecule has 1 fully saturated rings. The SMILES string of the molecule is CNC(=O)c1ccc(NC(=O)CN(Cc2cc(OC)ccc2OC)C2CC2)cc1. The third-order valence-electron chi connectivity index (χ3n) is 4.93. The van der Waals surface area contributed by atoms with Crippen LogP contribution >= 0.6 is 0 Å². The van der Waals surface area contributed by atoms with Crippen LogP contribution in [0, 0.1) is 0 Å². The molecule has 0 saturated heterocycles. The number of nitrogens with one attached hydrogen (secondary N) is 2. The van der Waals surface area contributed by atoms with Gasteiger partial charge >= 0.3 is 0 Å². The van der Waals surface area contributed by atoms with Gasteiger partial charge in [-0.15, -0.1) is 0 Å². The molecule has 0 unspecified atom stereocenters. The Morgan fingerprint density at radius 1 is 1.07 bits per heavy atom. The molecule has 2 N–H and O–H groups in total. The summed E-state index contributed by atoms with van der Waals surface area (Å²) in [5, 5.41) is 5.48. The molecule has 0 spiro atoms. The van der Waals surface area contributed by atoms with Gasteiger partial charge in [0, 0.05) is 36.4 Å². The maximum absolute atomic E-state index is 12.6. The Hall–Kier alpha value is -3.06. The average Bonchev–Trinajstić information content (AvgIpc) is 3.58. The Bertz CT molecular complexity index is 863. The highest BCUT2D eigenvalue weighted by Crippen LogP contribution is 2.31. The van der Waals surface area contributed by atoms with Gasteiger partial charge in [0.2, 0.25) is 5.91 Å². The maximum atomic E-state index is 12.6. The first-order valence-corrected chi connectivity index (χ1v) is 9.61. The third-order valence-corrected chi connectivity index (χ3v) is 4.93. The van der Waals surface area contributed by atoms with Crippen LogP contribution < -0.4 is 20.1 Å². The number of nitrogens with zero attached hydrogens (tertiary/aromatic N) is 1. The number of anilines is 1. The number of benzene rings is 2. The summed E-state index contributed by atoms with van der Waals surface area (Å²) in [6, 6.07) is 12.9. The summed E-state index contributed by atoms with van der Waals surface area (Å²) in [5.74, 6) is 1.29. The zero-order valence-electron chi connectivity index (χ0n) is 17.0. The van der Waals surface area contributed by atoms with Crippen molar-refractivity contribution < 1.29 is 19.1 Å². The summed E-state index contributed by atoms with van der Waals surface area (Å²) in [5.41, 5.74) is 2.20. The van der Waals surface area contributed by atoms with Crippen molar-refractivity contribution in [2.24, 2.45) is 0 Å². The molecule has 7 heteroatoms. The van der Waals surface area contributed by atoms with Crippen molar-refractivity contribution in [3.8, 4) is 11.5 Å². The van der Waals surface area contributed by atoms with Crippen molar-refractivity contribution in [2.75, 3.05) is 33.1 Å². The van der Waals surface area contributed by atoms with Crippen molar-refractivity contribution in [1.82, 2.24) is 10.2 Å². The Morgan fingerprint density at radius 3 is 2.38 bits per heavy atom. The van der Waals surface area contributed by atoms with E-state index in [1.54, 1.807) is 45.5 Å². The number of carbonyl (C=O) groups excluding carboxylic acids is 2. The molecule has 0 aliphatic heterocycles. The highest BCUT2D eigenvalue weighted by atomic mass is 16.5. The lowest BCUT2D eigenvalue weighted by atomic mass is 10.1. The summed E-state index contributed by atoms with van der Waals surface area (Å²) in [6.07, 6.45) is 2.17. The van der Waals surface area contributed by atoms with Crippen molar-refractivity contribution in [3.05, 3.63) is 53.6 Å². The van der Waals surface area contributed by atoms with E-state index in [4.69, 9.17) is 9.47 Å². The highest BCUT2D eigenvalue weighted by Gasteiger charge is 2.31. The third kappa shape index (κ3) is 5.48. The molecule has 29 heavy (non-hydrogen) atoms. The summed E-state index contributed by atoms with van der Waals surface area (Å²) >= 11 is 0. The Morgan fingerprint density at radius 2 is 1.79 bits per heavy atom. The minimum Gasteiger partial charge on any atom is -0.497 e. The first-order chi connectivity index (χ1) is 14.0. The zero-order chi connectivity index (χ0) is 20.8. The predicted molar refractivity (Wildman–Crippen MR) is 111 cm³/mol. The second-order valence-corrected chi connectivity index (χ2v) is 7.02. The molecule has 3 rings (SSSR count). The number of rotatable bonds is 9. The number of ether oxygens (including phenoxy) is 2. The molecular formula is C22H27N3O4. The summed E-state index contributed by atoms with van der Waals surface area (Å²) < 4.78 is 10.8. The molecule has 1 aliphatic carbocycles. The van der Waals surface area contributed by atoms with Crippen LogP contribution in [0.1, 0.15) is 28.8 Å². The number of methoxy groups -OCH3 is 2. The molecule has 2 aromatic rings. The summed E-state index contributed by atoms with van der Waals surface area (Å²) in [6.45, 7) is 0.885. The quantitative estimate of drug-likeness (QED) is 0.680. The van der Waals surface area contributed by atoms with Gasteiger partial charge in [0.05, 0.1) is 20.8 Å². The fourth-order valence-electron chi connectivity index (χ4n) is 3.21. The number of carbonyl (C=O) groups is 2. The maximum Gasteiger partial charge on any atom is 0.251 e. The van der Waals surface area contributed by atoms with E-state index in [0.717, 1.165) is 29.9 Å². The molecule has 0 aromatic heterocycles. The lowest BCUT2D eigenvalue weighted by Crippen LogP contribution is -2.34. The first kappa shape index (κ1) is 20.7. The second-order valence-electron chi connectivity index (χ2n) is 7.02. The van der Waals surface area contributed by atoms with Gasteiger partial charge in [0.25, 0.3) is 5.91 Å². The number of hydrogen-bond acceptors (Lipinski definition) is 5. The smallest absolute Gasteiger partial charge is 0.251 e. The molecule has 0 radical (unpaired) electrons. The van der Waals surface area contributed by atoms with E-state index in [9.17, 15) is 9.59 Å². The summed E-state index contributed by atoms with van der Waals surface area (Å²) in [4.78, 5) is 26.4. The van der Waals surface area contributed by atoms with E-state index >= 15 is 0 Å². The standard InChI is InChI=1S/C22H27N3O4/c1-23-22(27)15-4-6-17(7-5-15)24-21(26)14-25(18-8-9-18)13-16-12-19(28-2)10-11-20(16)29-3/h4-7,10-12,18H,8-9,13-14H2,1-3H3,(H,23,27)(H,24,26). The van der Waals surface area contributed by atoms with Crippen LogP contribution in [0.15, 0.2) is 42.5 Å². The van der Waals surface area contributed by atoms with Crippen LogP contribution in [-0.2, 0) is 11.3 Å². The largest absolute Gasteiger partial charge is 0.497 e. The minimum absolute atomic E-state index is 0.0912. The van der Waals surface area contributed by atoms with Crippen LogP contribution in [0.3, 0.4) is 0 Å². The zero-order valence-corrected chi connectivity index (χ0v) is 17.0. The van der Waals surface area contributed by atoms with E-state index < -0.39 is 0 Å². The minimum atomic E-state index is -0.157. The van der Waals surface area contributed by atoms with E-state index in [1.807, 2.05) is 18.2 Å². The van der Waals surface area contributed by atoms with Crippen LogP contribution in [0.2, 0.25) is 0 Å². The molecule has 2 aromatic carbocycles. The fraction of sp³-hybridized carbons (Fsp3) is 0.364. The Kier molecular flexibility index (Phi) is 6.72. The van der Waals surface area contributed by atoms with Gasteiger partial charge in [-0.1, -0.05) is 0 Å². The van der Waals surface area contributed by atoms with Gasteiger partial charge < -0.3 is 20.1 Å². The Labute approximate surface area is 171 Å². The van der Waals surface area contributed by atoms with E-state index in [-0.39, 0.29) is 18.4 Å². The van der Waals surface area contributed by atoms with Gasteiger partial charge in [0.1, 0.15) is 11.5 Å². The Balaban J connectivity index is 1.65. The topological polar surface area (TPSA) is 79.9 Å². The van der Waals surface area contributed by atoms with Crippen LogP contribution in [-0.4, -0.2) is 50.6 Å². The predicted octanol–water partition coefficient (Wildman–Crippen LogP) is 2.67.